The highest BCUT2D eigenvalue weighted by atomic mass is 79.9. The minimum Gasteiger partial charge on any atom is -0.313 e. The van der Waals surface area contributed by atoms with E-state index in [1.807, 2.05) is 7.05 Å². The third-order valence-corrected chi connectivity index (χ3v) is 4.56. The van der Waals surface area contributed by atoms with Crippen LogP contribution in [0.4, 0.5) is 0 Å². The molecular weight excluding hydrogens is 378 g/mol. The Balaban J connectivity index is 2.26. The summed E-state index contributed by atoms with van der Waals surface area (Å²) in [6.07, 6.45) is 0.987. The molecule has 1 unspecified atom stereocenters. The van der Waals surface area contributed by atoms with Crippen molar-refractivity contribution in [3.05, 3.63) is 67.6 Å². The molecule has 2 rings (SSSR count). The van der Waals surface area contributed by atoms with Crippen LogP contribution in [-0.4, -0.2) is 7.05 Å². The standard InChI is InChI=1S/C17H19Br2N/c1-11-4-5-13(6-12(11)2)7-17(20-3)14-8-15(18)10-16(19)9-14/h4-6,8-10,17,20H,7H2,1-3H3. The van der Waals surface area contributed by atoms with Gasteiger partial charge in [-0.25, -0.2) is 0 Å². The summed E-state index contributed by atoms with van der Waals surface area (Å²) in [5.74, 6) is 0. The van der Waals surface area contributed by atoms with Crippen LogP contribution in [0.25, 0.3) is 0 Å². The molecule has 0 bridgehead atoms. The zero-order chi connectivity index (χ0) is 14.7. The molecule has 1 nitrogen and oxygen atoms in total. The first kappa shape index (κ1) is 15.7. The zero-order valence-electron chi connectivity index (χ0n) is 12.0. The van der Waals surface area contributed by atoms with E-state index in [-0.39, 0.29) is 0 Å². The van der Waals surface area contributed by atoms with Gasteiger partial charge in [-0.3, -0.25) is 0 Å². The number of benzene rings is 2. The van der Waals surface area contributed by atoms with Gasteiger partial charge >= 0.3 is 0 Å². The minimum atomic E-state index is 0.311. The Labute approximate surface area is 138 Å². The molecule has 0 radical (unpaired) electrons. The molecule has 0 heterocycles. The molecule has 0 aliphatic rings. The van der Waals surface area contributed by atoms with E-state index in [1.165, 1.54) is 22.3 Å². The van der Waals surface area contributed by atoms with Crippen LogP contribution in [0.5, 0.6) is 0 Å². The van der Waals surface area contributed by atoms with E-state index >= 15 is 0 Å². The predicted molar refractivity (Wildman–Crippen MR) is 93.3 cm³/mol. The summed E-state index contributed by atoms with van der Waals surface area (Å²) in [5.41, 5.74) is 5.35. The van der Waals surface area contributed by atoms with Crippen LogP contribution >= 0.6 is 31.9 Å². The van der Waals surface area contributed by atoms with E-state index in [0.717, 1.165) is 15.4 Å². The summed E-state index contributed by atoms with van der Waals surface area (Å²) < 4.78 is 2.20. The SMILES string of the molecule is CNC(Cc1ccc(C)c(C)c1)c1cc(Br)cc(Br)c1. The van der Waals surface area contributed by atoms with Crippen molar-refractivity contribution in [3.63, 3.8) is 0 Å². The second kappa shape index (κ2) is 6.88. The highest BCUT2D eigenvalue weighted by molar-refractivity contribution is 9.11. The summed E-state index contributed by atoms with van der Waals surface area (Å²) in [6, 6.07) is 13.4. The highest BCUT2D eigenvalue weighted by Crippen LogP contribution is 2.26. The van der Waals surface area contributed by atoms with Crippen molar-refractivity contribution in [1.29, 1.82) is 0 Å². The average Bonchev–Trinajstić information content (AvgIpc) is 2.38. The van der Waals surface area contributed by atoms with Gasteiger partial charge in [-0.05, 0) is 67.8 Å². The smallest absolute Gasteiger partial charge is 0.0359 e. The lowest BCUT2D eigenvalue weighted by atomic mass is 9.97. The van der Waals surface area contributed by atoms with Crippen molar-refractivity contribution < 1.29 is 0 Å². The zero-order valence-corrected chi connectivity index (χ0v) is 15.2. The monoisotopic (exact) mass is 395 g/mol. The second-order valence-corrected chi connectivity index (χ2v) is 7.00. The van der Waals surface area contributed by atoms with Crippen molar-refractivity contribution in [1.82, 2.24) is 5.32 Å². The van der Waals surface area contributed by atoms with E-state index in [1.54, 1.807) is 0 Å². The first-order chi connectivity index (χ1) is 9.49. The molecule has 3 heteroatoms. The van der Waals surface area contributed by atoms with Gasteiger partial charge < -0.3 is 5.32 Å². The summed E-state index contributed by atoms with van der Waals surface area (Å²) in [7, 11) is 2.01. The Bertz CT molecular complexity index is 588. The lowest BCUT2D eigenvalue weighted by Gasteiger charge is -2.18. The predicted octanol–water partition coefficient (Wildman–Crippen LogP) is 5.33. The molecule has 20 heavy (non-hydrogen) atoms. The summed E-state index contributed by atoms with van der Waals surface area (Å²) in [5, 5.41) is 3.41. The summed E-state index contributed by atoms with van der Waals surface area (Å²) in [4.78, 5) is 0. The van der Waals surface area contributed by atoms with Gasteiger partial charge in [-0.1, -0.05) is 50.1 Å². The molecule has 0 fully saturated rings. The minimum absolute atomic E-state index is 0.311. The molecular formula is C17H19Br2N. The third-order valence-electron chi connectivity index (χ3n) is 3.65. The molecule has 1 N–H and O–H groups in total. The van der Waals surface area contributed by atoms with E-state index in [4.69, 9.17) is 0 Å². The van der Waals surface area contributed by atoms with Gasteiger partial charge in [0.05, 0.1) is 0 Å². The maximum atomic E-state index is 3.56. The number of likely N-dealkylation sites (N-methyl/N-ethyl adjacent to an activating group) is 1. The Morgan fingerprint density at radius 2 is 1.60 bits per heavy atom. The number of aryl methyl sites for hydroxylation is 2. The first-order valence-corrected chi connectivity index (χ1v) is 8.27. The van der Waals surface area contributed by atoms with Crippen molar-refractivity contribution in [2.24, 2.45) is 0 Å². The van der Waals surface area contributed by atoms with Gasteiger partial charge in [0.15, 0.2) is 0 Å². The van der Waals surface area contributed by atoms with Gasteiger partial charge in [0.1, 0.15) is 0 Å². The van der Waals surface area contributed by atoms with Crippen LogP contribution in [0, 0.1) is 13.8 Å². The van der Waals surface area contributed by atoms with E-state index in [2.05, 4.69) is 87.4 Å². The number of rotatable bonds is 4. The van der Waals surface area contributed by atoms with Crippen molar-refractivity contribution in [2.45, 2.75) is 26.3 Å². The van der Waals surface area contributed by atoms with Crippen LogP contribution in [-0.2, 0) is 6.42 Å². The fraction of sp³-hybridized carbons (Fsp3) is 0.294. The quantitative estimate of drug-likeness (QED) is 0.736. The fourth-order valence-corrected chi connectivity index (χ4v) is 3.66. The molecule has 0 saturated heterocycles. The van der Waals surface area contributed by atoms with Crippen LogP contribution in [0.15, 0.2) is 45.3 Å². The topological polar surface area (TPSA) is 12.0 Å². The van der Waals surface area contributed by atoms with Crippen molar-refractivity contribution in [2.75, 3.05) is 7.05 Å². The number of halogens is 2. The number of nitrogens with one attached hydrogen (secondary N) is 1. The molecule has 2 aromatic carbocycles. The lowest BCUT2D eigenvalue weighted by molar-refractivity contribution is 0.591. The molecule has 0 aromatic heterocycles. The van der Waals surface area contributed by atoms with Crippen molar-refractivity contribution >= 4 is 31.9 Å². The Morgan fingerprint density at radius 1 is 0.950 bits per heavy atom. The Hall–Kier alpha value is -0.640. The average molecular weight is 397 g/mol. The van der Waals surface area contributed by atoms with Gasteiger partial charge in [0.2, 0.25) is 0 Å². The van der Waals surface area contributed by atoms with Crippen LogP contribution in [0.1, 0.15) is 28.3 Å². The maximum Gasteiger partial charge on any atom is 0.0359 e. The molecule has 0 aliphatic heterocycles. The van der Waals surface area contributed by atoms with Gasteiger partial charge in [0.25, 0.3) is 0 Å². The third kappa shape index (κ3) is 3.94. The van der Waals surface area contributed by atoms with Gasteiger partial charge in [0, 0.05) is 15.0 Å². The summed E-state index contributed by atoms with van der Waals surface area (Å²) in [6.45, 7) is 4.32. The van der Waals surface area contributed by atoms with Crippen LogP contribution in [0.3, 0.4) is 0 Å². The lowest BCUT2D eigenvalue weighted by Crippen LogP contribution is -2.19. The molecule has 106 valence electrons. The van der Waals surface area contributed by atoms with E-state index in [0.29, 0.717) is 6.04 Å². The molecule has 0 aliphatic carbocycles. The molecule has 2 aromatic rings. The van der Waals surface area contributed by atoms with Crippen LogP contribution in [0.2, 0.25) is 0 Å². The maximum absolute atomic E-state index is 3.56. The largest absolute Gasteiger partial charge is 0.313 e. The van der Waals surface area contributed by atoms with Gasteiger partial charge in [-0.2, -0.15) is 0 Å². The Morgan fingerprint density at radius 3 is 2.15 bits per heavy atom. The molecule has 0 amide bonds. The normalized spacial score (nSPS) is 12.4. The van der Waals surface area contributed by atoms with E-state index in [9.17, 15) is 0 Å². The van der Waals surface area contributed by atoms with Crippen molar-refractivity contribution in [3.8, 4) is 0 Å². The number of hydrogen-bond acceptors (Lipinski definition) is 1. The highest BCUT2D eigenvalue weighted by Gasteiger charge is 2.12. The van der Waals surface area contributed by atoms with Gasteiger partial charge in [-0.15, -0.1) is 0 Å². The number of hydrogen-bond donors (Lipinski definition) is 1. The molecule has 0 saturated carbocycles. The fourth-order valence-electron chi connectivity index (χ4n) is 2.33. The van der Waals surface area contributed by atoms with Crippen LogP contribution < -0.4 is 5.32 Å². The second-order valence-electron chi connectivity index (χ2n) is 5.17. The molecule has 0 spiro atoms. The Kier molecular flexibility index (Phi) is 5.42. The first-order valence-electron chi connectivity index (χ1n) is 6.69. The molecule has 1 atom stereocenters. The summed E-state index contributed by atoms with van der Waals surface area (Å²) >= 11 is 7.12. The van der Waals surface area contributed by atoms with E-state index < -0.39 is 0 Å².